The van der Waals surface area contributed by atoms with Crippen LogP contribution >= 0.6 is 0 Å². The molecule has 0 bridgehead atoms. The van der Waals surface area contributed by atoms with E-state index in [9.17, 15) is 14.4 Å². The largest absolute Gasteiger partial charge is 0.494 e. The molecule has 1 N–H and O–H groups in total. The second kappa shape index (κ2) is 12.2. The van der Waals surface area contributed by atoms with Gasteiger partial charge in [-0.05, 0) is 42.8 Å². The van der Waals surface area contributed by atoms with E-state index < -0.39 is 18.5 Å². The molecule has 0 spiro atoms. The molecule has 8 heteroatoms. The van der Waals surface area contributed by atoms with Crippen LogP contribution in [-0.2, 0) is 14.3 Å². The van der Waals surface area contributed by atoms with Gasteiger partial charge < -0.3 is 24.3 Å². The van der Waals surface area contributed by atoms with Crippen molar-refractivity contribution in [2.75, 3.05) is 32.8 Å². The van der Waals surface area contributed by atoms with Crippen LogP contribution in [0.15, 0.2) is 42.5 Å². The summed E-state index contributed by atoms with van der Waals surface area (Å²) in [4.78, 5) is 36.1. The van der Waals surface area contributed by atoms with Gasteiger partial charge in [-0.25, -0.2) is 0 Å². The highest BCUT2D eigenvalue weighted by Crippen LogP contribution is 2.29. The summed E-state index contributed by atoms with van der Waals surface area (Å²) in [5.74, 6) is 0.362. The molecule has 0 aliphatic heterocycles. The third-order valence-electron chi connectivity index (χ3n) is 4.24. The Morgan fingerprint density at radius 3 is 2.26 bits per heavy atom. The summed E-state index contributed by atoms with van der Waals surface area (Å²) < 4.78 is 20.7. The van der Waals surface area contributed by atoms with E-state index >= 15 is 0 Å². The summed E-state index contributed by atoms with van der Waals surface area (Å²) in [6, 6.07) is 11.6. The second-order valence-electron chi connectivity index (χ2n) is 6.57. The molecule has 2 aromatic rings. The highest BCUT2D eigenvalue weighted by molar-refractivity contribution is 5.98. The molecule has 0 saturated carbocycles. The van der Waals surface area contributed by atoms with Crippen molar-refractivity contribution < 1.29 is 33.3 Å². The summed E-state index contributed by atoms with van der Waals surface area (Å²) in [7, 11) is 3.00. The molecule has 0 saturated heterocycles. The number of ether oxygens (including phenoxy) is 4. The molecule has 0 unspecified atom stereocenters. The highest BCUT2D eigenvalue weighted by atomic mass is 16.5. The van der Waals surface area contributed by atoms with E-state index in [1.165, 1.54) is 14.2 Å². The van der Waals surface area contributed by atoms with Gasteiger partial charge in [0.25, 0.3) is 5.91 Å². The molecule has 2 rings (SSSR count). The van der Waals surface area contributed by atoms with Crippen molar-refractivity contribution in [1.82, 2.24) is 0 Å². The van der Waals surface area contributed by atoms with Gasteiger partial charge in [-0.15, -0.1) is 0 Å². The minimum atomic E-state index is -0.626. The number of rotatable bonds is 12. The second-order valence-corrected chi connectivity index (χ2v) is 6.57. The molecule has 0 fully saturated rings. The average molecular weight is 429 g/mol. The number of methoxy groups -OCH3 is 2. The van der Waals surface area contributed by atoms with Crippen LogP contribution in [-0.4, -0.2) is 45.1 Å². The van der Waals surface area contributed by atoms with Gasteiger partial charge in [0.2, 0.25) is 0 Å². The van der Waals surface area contributed by atoms with Crippen molar-refractivity contribution in [2.45, 2.75) is 26.2 Å². The quantitative estimate of drug-likeness (QED) is 0.406. The zero-order chi connectivity index (χ0) is 22.6. The first-order chi connectivity index (χ1) is 15.0. The van der Waals surface area contributed by atoms with E-state index in [1.807, 2.05) is 6.92 Å². The van der Waals surface area contributed by atoms with E-state index in [-0.39, 0.29) is 18.6 Å². The first-order valence-electron chi connectivity index (χ1n) is 9.90. The minimum absolute atomic E-state index is 0.00864. The smallest absolute Gasteiger partial charge is 0.306 e. The van der Waals surface area contributed by atoms with Crippen molar-refractivity contribution in [3.05, 3.63) is 48.0 Å². The van der Waals surface area contributed by atoms with E-state index in [0.717, 1.165) is 6.42 Å². The maximum absolute atomic E-state index is 12.2. The minimum Gasteiger partial charge on any atom is -0.494 e. The van der Waals surface area contributed by atoms with Crippen molar-refractivity contribution in [1.29, 1.82) is 0 Å². The molecule has 166 valence electrons. The monoisotopic (exact) mass is 429 g/mol. The molecule has 0 aliphatic rings. The number of esters is 1. The third-order valence-corrected chi connectivity index (χ3v) is 4.24. The SMILES string of the molecule is CCCOc1ccc(C(=O)CCC(=O)OCC(=O)Nc2ccc(OC)c(OC)c2)cc1. The van der Waals surface area contributed by atoms with Crippen LogP contribution in [0.1, 0.15) is 36.5 Å². The number of benzene rings is 2. The lowest BCUT2D eigenvalue weighted by Crippen LogP contribution is -2.21. The fourth-order valence-electron chi connectivity index (χ4n) is 2.65. The Balaban J connectivity index is 1.75. The van der Waals surface area contributed by atoms with Crippen LogP contribution in [0, 0.1) is 0 Å². The number of carbonyl (C=O) groups excluding carboxylic acids is 3. The van der Waals surface area contributed by atoms with E-state index in [0.29, 0.717) is 35.1 Å². The van der Waals surface area contributed by atoms with E-state index in [2.05, 4.69) is 5.32 Å². The summed E-state index contributed by atoms with van der Waals surface area (Å²) in [5, 5.41) is 2.60. The Bertz CT molecular complexity index is 893. The fourth-order valence-corrected chi connectivity index (χ4v) is 2.65. The molecule has 2 aromatic carbocycles. The third kappa shape index (κ3) is 7.65. The van der Waals surface area contributed by atoms with Gasteiger partial charge in [-0.2, -0.15) is 0 Å². The fraction of sp³-hybridized carbons (Fsp3) is 0.348. The number of anilines is 1. The summed E-state index contributed by atoms with van der Waals surface area (Å²) >= 11 is 0. The number of nitrogens with one attached hydrogen (secondary N) is 1. The number of carbonyl (C=O) groups is 3. The van der Waals surface area contributed by atoms with Gasteiger partial charge in [0, 0.05) is 23.7 Å². The van der Waals surface area contributed by atoms with Crippen LogP contribution in [0.2, 0.25) is 0 Å². The van der Waals surface area contributed by atoms with Crippen molar-refractivity contribution in [3.8, 4) is 17.2 Å². The molecular weight excluding hydrogens is 402 g/mol. The first-order valence-corrected chi connectivity index (χ1v) is 9.90. The van der Waals surface area contributed by atoms with Crippen LogP contribution in [0.3, 0.4) is 0 Å². The van der Waals surface area contributed by atoms with Gasteiger partial charge in [-0.3, -0.25) is 14.4 Å². The number of hydrogen-bond acceptors (Lipinski definition) is 7. The molecule has 0 aliphatic carbocycles. The van der Waals surface area contributed by atoms with Gasteiger partial charge in [0.15, 0.2) is 23.9 Å². The van der Waals surface area contributed by atoms with Crippen LogP contribution in [0.4, 0.5) is 5.69 Å². The van der Waals surface area contributed by atoms with E-state index in [1.54, 1.807) is 42.5 Å². The summed E-state index contributed by atoms with van der Waals surface area (Å²) in [6.45, 7) is 2.17. The molecule has 0 radical (unpaired) electrons. The molecule has 0 atom stereocenters. The Kier molecular flexibility index (Phi) is 9.35. The maximum Gasteiger partial charge on any atom is 0.306 e. The molecule has 1 amide bonds. The zero-order valence-electron chi connectivity index (χ0n) is 17.9. The van der Waals surface area contributed by atoms with Gasteiger partial charge in [0.1, 0.15) is 5.75 Å². The first kappa shape index (κ1) is 23.7. The molecular formula is C23H27NO7. The topological polar surface area (TPSA) is 100 Å². The lowest BCUT2D eigenvalue weighted by molar-refractivity contribution is -0.147. The van der Waals surface area contributed by atoms with Gasteiger partial charge in [-0.1, -0.05) is 6.92 Å². The number of ketones is 1. The molecule has 8 nitrogen and oxygen atoms in total. The number of Topliss-reactive ketones (excluding diaryl/α,β-unsaturated/α-hetero) is 1. The number of hydrogen-bond donors (Lipinski definition) is 1. The summed E-state index contributed by atoms with van der Waals surface area (Å²) in [5.41, 5.74) is 0.961. The average Bonchev–Trinajstić information content (AvgIpc) is 2.80. The van der Waals surface area contributed by atoms with Crippen molar-refractivity contribution in [3.63, 3.8) is 0 Å². The zero-order valence-corrected chi connectivity index (χ0v) is 17.9. The van der Waals surface area contributed by atoms with Crippen LogP contribution in [0.5, 0.6) is 17.2 Å². The van der Waals surface area contributed by atoms with Gasteiger partial charge >= 0.3 is 5.97 Å². The van der Waals surface area contributed by atoms with E-state index in [4.69, 9.17) is 18.9 Å². The standard InChI is InChI=1S/C23H27NO7/c1-4-13-30-18-8-5-16(6-9-18)19(25)10-12-23(27)31-15-22(26)24-17-7-11-20(28-2)21(14-17)29-3/h5-9,11,14H,4,10,12-13,15H2,1-3H3,(H,24,26). The highest BCUT2D eigenvalue weighted by Gasteiger charge is 2.13. The lowest BCUT2D eigenvalue weighted by Gasteiger charge is -2.11. The summed E-state index contributed by atoms with van der Waals surface area (Å²) in [6.07, 6.45) is 0.775. The predicted molar refractivity (Wildman–Crippen MR) is 115 cm³/mol. The van der Waals surface area contributed by atoms with Crippen molar-refractivity contribution in [2.24, 2.45) is 0 Å². The van der Waals surface area contributed by atoms with Gasteiger partial charge in [0.05, 0.1) is 27.2 Å². The van der Waals surface area contributed by atoms with Crippen LogP contribution < -0.4 is 19.5 Å². The normalized spacial score (nSPS) is 10.2. The predicted octanol–water partition coefficient (Wildman–Crippen LogP) is 3.64. The molecule has 31 heavy (non-hydrogen) atoms. The Morgan fingerprint density at radius 2 is 1.61 bits per heavy atom. The van der Waals surface area contributed by atoms with Crippen molar-refractivity contribution >= 4 is 23.3 Å². The molecule has 0 aromatic heterocycles. The van der Waals surface area contributed by atoms with Crippen LogP contribution in [0.25, 0.3) is 0 Å². The maximum atomic E-state index is 12.2. The Labute approximate surface area is 181 Å². The molecule has 0 heterocycles. The Hall–Kier alpha value is -3.55. The lowest BCUT2D eigenvalue weighted by atomic mass is 10.1. The number of amides is 1. The Morgan fingerprint density at radius 1 is 0.903 bits per heavy atom.